The molecule has 45 heavy (non-hydrogen) atoms. The van der Waals surface area contributed by atoms with Gasteiger partial charge in [0.2, 0.25) is 11.8 Å². The Morgan fingerprint density at radius 3 is 2.07 bits per heavy atom. The number of hydrogen-bond acceptors (Lipinski definition) is 8. The second kappa shape index (κ2) is 13.5. The Balaban J connectivity index is 1.28. The maximum Gasteiger partial charge on any atom is 0.338 e. The molecule has 3 heterocycles. The lowest BCUT2D eigenvalue weighted by Gasteiger charge is -2.52. The number of β-lactam (4-membered cyclic amide) rings is 1. The third kappa shape index (κ3) is 6.57. The van der Waals surface area contributed by atoms with Crippen LogP contribution in [0.4, 0.5) is 0 Å². The minimum Gasteiger partial charge on any atom is -0.454 e. The highest BCUT2D eigenvalue weighted by Crippen LogP contribution is 2.42. The Morgan fingerprint density at radius 1 is 0.844 bits per heavy atom. The molecule has 0 aliphatic carbocycles. The van der Waals surface area contributed by atoms with Crippen molar-refractivity contribution < 1.29 is 28.7 Å². The number of ether oxygens (including phenoxy) is 2. The van der Waals surface area contributed by atoms with Crippen molar-refractivity contribution in [3.63, 3.8) is 0 Å². The van der Waals surface area contributed by atoms with Crippen LogP contribution in [0.3, 0.4) is 0 Å². The molecule has 0 saturated carbocycles. The van der Waals surface area contributed by atoms with Crippen molar-refractivity contribution in [3.05, 3.63) is 141 Å². The minimum absolute atomic E-state index is 0.160. The van der Waals surface area contributed by atoms with Gasteiger partial charge in [0.1, 0.15) is 17.5 Å². The molecule has 3 aromatic carbocycles. The molecule has 1 saturated heterocycles. The van der Waals surface area contributed by atoms with Crippen molar-refractivity contribution in [1.29, 1.82) is 0 Å². The number of hydrogen-bond donors (Lipinski definition) is 1. The van der Waals surface area contributed by atoms with Gasteiger partial charge in [-0.1, -0.05) is 84.9 Å². The van der Waals surface area contributed by atoms with Gasteiger partial charge >= 0.3 is 11.9 Å². The zero-order valence-electron chi connectivity index (χ0n) is 24.3. The number of esters is 2. The number of fused-ring (bicyclic) bond motifs is 1. The first-order valence-corrected chi connectivity index (χ1v) is 16.3. The van der Waals surface area contributed by atoms with Gasteiger partial charge in [-0.05, 0) is 47.0 Å². The third-order valence-corrected chi connectivity index (χ3v) is 9.74. The molecule has 1 fully saturated rings. The minimum atomic E-state index is -1.16. The van der Waals surface area contributed by atoms with Crippen LogP contribution in [0, 0.1) is 0 Å². The predicted molar refractivity (Wildman–Crippen MR) is 172 cm³/mol. The second-order valence-corrected chi connectivity index (χ2v) is 12.7. The Hall–Kier alpha value is -4.67. The molecule has 8 nitrogen and oxygen atoms in total. The van der Waals surface area contributed by atoms with E-state index in [0.717, 1.165) is 16.0 Å². The van der Waals surface area contributed by atoms with Gasteiger partial charge in [0.15, 0.2) is 12.1 Å². The Morgan fingerprint density at radius 2 is 1.47 bits per heavy atom. The summed E-state index contributed by atoms with van der Waals surface area (Å²) in [5.74, 6) is -1.90. The SMILES string of the molecule is CC(OC(=O)c1ccccc1)C1=CS[C@@H]2C(NC(=O)Cc3cccs3)C(=O)N2C1C(=O)OC(c1ccccc1)c1ccccc1. The maximum absolute atomic E-state index is 14.2. The van der Waals surface area contributed by atoms with E-state index in [2.05, 4.69) is 5.32 Å². The standard InChI is InChI=1S/C35H30N2O6S2/c1-22(42-34(40)25-16-9-4-10-17-25)27-21-45-33-29(36-28(38)20-26-18-11-19-44-26)32(39)37(33)30(27)35(41)43-31(23-12-5-2-6-13-23)24-14-7-3-8-15-24/h2-19,21-22,29-31,33H,20H2,1H3,(H,36,38)/t22?,29?,30?,33-/m1/s1. The van der Waals surface area contributed by atoms with Crippen molar-refractivity contribution in [3.8, 4) is 0 Å². The van der Waals surface area contributed by atoms with Gasteiger partial charge < -0.3 is 19.7 Å². The summed E-state index contributed by atoms with van der Waals surface area (Å²) in [6.45, 7) is 1.67. The fraction of sp³-hybridized carbons (Fsp3) is 0.200. The first kappa shape index (κ1) is 30.4. The zero-order valence-corrected chi connectivity index (χ0v) is 25.9. The van der Waals surface area contributed by atoms with E-state index in [1.807, 2.05) is 78.2 Å². The van der Waals surface area contributed by atoms with E-state index in [4.69, 9.17) is 9.47 Å². The smallest absolute Gasteiger partial charge is 0.338 e. The molecule has 1 aromatic heterocycles. The van der Waals surface area contributed by atoms with E-state index in [9.17, 15) is 19.2 Å². The third-order valence-electron chi connectivity index (χ3n) is 7.67. The molecule has 10 heteroatoms. The molecular formula is C35H30N2O6S2. The molecule has 0 spiro atoms. The molecule has 6 rings (SSSR count). The maximum atomic E-state index is 14.2. The van der Waals surface area contributed by atoms with Gasteiger partial charge in [-0.25, -0.2) is 9.59 Å². The van der Waals surface area contributed by atoms with Crippen molar-refractivity contribution in [2.45, 2.75) is 43.0 Å². The van der Waals surface area contributed by atoms with Crippen LogP contribution in [-0.2, 0) is 30.3 Å². The van der Waals surface area contributed by atoms with Crippen LogP contribution < -0.4 is 5.32 Å². The molecular weight excluding hydrogens is 609 g/mol. The van der Waals surface area contributed by atoms with Crippen LogP contribution in [0.2, 0.25) is 0 Å². The summed E-state index contributed by atoms with van der Waals surface area (Å²) in [4.78, 5) is 55.9. The highest BCUT2D eigenvalue weighted by Gasteiger charge is 2.57. The fourth-order valence-electron chi connectivity index (χ4n) is 5.41. The number of nitrogens with zero attached hydrogens (tertiary/aromatic N) is 1. The van der Waals surface area contributed by atoms with Crippen LogP contribution in [0.1, 0.15) is 39.4 Å². The normalized spacial score (nSPS) is 19.5. The van der Waals surface area contributed by atoms with E-state index < -0.39 is 47.5 Å². The van der Waals surface area contributed by atoms with Crippen LogP contribution >= 0.6 is 23.1 Å². The Bertz CT molecular complexity index is 1660. The van der Waals surface area contributed by atoms with Gasteiger partial charge in [-0.15, -0.1) is 23.1 Å². The molecule has 2 aliphatic rings. The summed E-state index contributed by atoms with van der Waals surface area (Å²) in [5.41, 5.74) is 2.32. The second-order valence-electron chi connectivity index (χ2n) is 10.6. The summed E-state index contributed by atoms with van der Waals surface area (Å²) in [6.07, 6.45) is -1.43. The van der Waals surface area contributed by atoms with Crippen molar-refractivity contribution in [2.75, 3.05) is 0 Å². The summed E-state index contributed by atoms with van der Waals surface area (Å²) < 4.78 is 12.0. The number of thioether (sulfide) groups is 1. The fourth-order valence-corrected chi connectivity index (χ4v) is 7.43. The summed E-state index contributed by atoms with van der Waals surface area (Å²) in [6, 6.07) is 29.0. The van der Waals surface area contributed by atoms with Gasteiger partial charge in [-0.3, -0.25) is 9.59 Å². The van der Waals surface area contributed by atoms with E-state index in [1.165, 1.54) is 28.0 Å². The summed E-state index contributed by atoms with van der Waals surface area (Å²) in [7, 11) is 0. The van der Waals surface area contributed by atoms with Crippen molar-refractivity contribution in [2.24, 2.45) is 0 Å². The number of carbonyl (C=O) groups excluding carboxylic acids is 4. The molecule has 0 radical (unpaired) electrons. The largest absolute Gasteiger partial charge is 0.454 e. The lowest BCUT2D eigenvalue weighted by Crippen LogP contribution is -2.74. The van der Waals surface area contributed by atoms with Crippen LogP contribution in [0.25, 0.3) is 0 Å². The molecule has 4 atom stereocenters. The molecule has 3 unspecified atom stereocenters. The lowest BCUT2D eigenvalue weighted by molar-refractivity contribution is -0.166. The van der Waals surface area contributed by atoms with E-state index >= 15 is 0 Å². The topological polar surface area (TPSA) is 102 Å². The van der Waals surface area contributed by atoms with Gasteiger partial charge in [-0.2, -0.15) is 0 Å². The number of amides is 2. The van der Waals surface area contributed by atoms with Gasteiger partial charge in [0, 0.05) is 10.5 Å². The van der Waals surface area contributed by atoms with Crippen LogP contribution in [-0.4, -0.2) is 52.2 Å². The first-order chi connectivity index (χ1) is 21.9. The van der Waals surface area contributed by atoms with E-state index in [0.29, 0.717) is 11.1 Å². The van der Waals surface area contributed by atoms with Crippen LogP contribution in [0.5, 0.6) is 0 Å². The number of carbonyl (C=O) groups is 4. The van der Waals surface area contributed by atoms with E-state index in [1.54, 1.807) is 42.7 Å². The monoisotopic (exact) mass is 638 g/mol. The molecule has 1 N–H and O–H groups in total. The van der Waals surface area contributed by atoms with E-state index in [-0.39, 0.29) is 12.3 Å². The quantitative estimate of drug-likeness (QED) is 0.180. The summed E-state index contributed by atoms with van der Waals surface area (Å²) >= 11 is 2.77. The molecule has 2 aliphatic heterocycles. The highest BCUT2D eigenvalue weighted by atomic mass is 32.2. The van der Waals surface area contributed by atoms with Crippen LogP contribution in [0.15, 0.2) is 119 Å². The first-order valence-electron chi connectivity index (χ1n) is 14.5. The number of thiophene rings is 1. The zero-order chi connectivity index (χ0) is 31.3. The Labute approximate surface area is 269 Å². The van der Waals surface area contributed by atoms with Gasteiger partial charge in [0.25, 0.3) is 0 Å². The predicted octanol–water partition coefficient (Wildman–Crippen LogP) is 5.52. The molecule has 0 bridgehead atoms. The summed E-state index contributed by atoms with van der Waals surface area (Å²) in [5, 5.41) is 5.95. The van der Waals surface area contributed by atoms with Crippen molar-refractivity contribution in [1.82, 2.24) is 10.2 Å². The molecule has 4 aromatic rings. The lowest BCUT2D eigenvalue weighted by atomic mass is 9.94. The highest BCUT2D eigenvalue weighted by molar-refractivity contribution is 8.03. The Kier molecular flexibility index (Phi) is 9.13. The molecule has 2 amide bonds. The average molecular weight is 639 g/mol. The van der Waals surface area contributed by atoms with Crippen molar-refractivity contribution >= 4 is 46.9 Å². The molecule has 228 valence electrons. The number of rotatable bonds is 10. The van der Waals surface area contributed by atoms with Gasteiger partial charge in [0.05, 0.1) is 12.0 Å². The number of nitrogens with one attached hydrogen (secondary N) is 1. The number of benzene rings is 3. The average Bonchev–Trinajstić information content (AvgIpc) is 3.59.